The highest BCUT2D eigenvalue weighted by molar-refractivity contribution is 6.08. The predicted molar refractivity (Wildman–Crippen MR) is 131 cm³/mol. The van der Waals surface area contributed by atoms with Crippen molar-refractivity contribution in [3.8, 4) is 0 Å². The topological polar surface area (TPSA) is 110 Å². The molecule has 2 N–H and O–H groups in total. The Morgan fingerprint density at radius 2 is 2.08 bits per heavy atom. The number of halogens is 2. The van der Waals surface area contributed by atoms with E-state index in [0.29, 0.717) is 18.8 Å². The van der Waals surface area contributed by atoms with Gasteiger partial charge in [-0.1, -0.05) is 0 Å². The summed E-state index contributed by atoms with van der Waals surface area (Å²) >= 11 is 0. The number of ether oxygens (including phenoxy) is 1. The lowest BCUT2D eigenvalue weighted by molar-refractivity contribution is -0.106. The van der Waals surface area contributed by atoms with Crippen molar-refractivity contribution >= 4 is 23.1 Å². The molecule has 1 amide bonds. The first-order valence-corrected chi connectivity index (χ1v) is 13.0. The van der Waals surface area contributed by atoms with E-state index in [9.17, 15) is 18.7 Å². The molecule has 1 aliphatic heterocycles. The van der Waals surface area contributed by atoms with Crippen LogP contribution >= 0.6 is 0 Å². The molecule has 0 atom stereocenters. The van der Waals surface area contributed by atoms with Gasteiger partial charge in [-0.15, -0.1) is 0 Å². The molecule has 3 aromatic heterocycles. The molecule has 1 spiro atoms. The number of aliphatic hydroxyl groups excluding tert-OH is 1. The van der Waals surface area contributed by atoms with E-state index in [-0.39, 0.29) is 35.4 Å². The fourth-order valence-corrected chi connectivity index (χ4v) is 5.74. The number of hydrogen-bond donors (Lipinski definition) is 2. The van der Waals surface area contributed by atoms with E-state index in [1.54, 1.807) is 6.20 Å². The average molecular weight is 516 g/mol. The number of aliphatic hydroxyl groups is 1. The van der Waals surface area contributed by atoms with Crippen LogP contribution in [0.4, 0.5) is 20.3 Å². The Hall–Kier alpha value is -3.12. The maximum absolute atomic E-state index is 13.8. The maximum Gasteiger partial charge on any atom is 0.284 e. The second kappa shape index (κ2) is 9.64. The monoisotopic (exact) mass is 515 g/mol. The summed E-state index contributed by atoms with van der Waals surface area (Å²) in [6, 6.07) is 1.82. The lowest BCUT2D eigenvalue weighted by atomic mass is 9.79. The molecule has 37 heavy (non-hydrogen) atoms. The van der Waals surface area contributed by atoms with Crippen molar-refractivity contribution in [3.63, 3.8) is 0 Å². The van der Waals surface area contributed by atoms with Gasteiger partial charge in [0.05, 0.1) is 30.1 Å². The van der Waals surface area contributed by atoms with E-state index in [2.05, 4.69) is 20.4 Å². The smallest absolute Gasteiger partial charge is 0.284 e. The van der Waals surface area contributed by atoms with E-state index in [1.165, 1.54) is 21.6 Å². The van der Waals surface area contributed by atoms with Gasteiger partial charge in [0, 0.05) is 32.1 Å². The van der Waals surface area contributed by atoms with E-state index >= 15 is 0 Å². The summed E-state index contributed by atoms with van der Waals surface area (Å²) in [7, 11) is 0. The molecule has 3 aliphatic rings. The molecule has 12 heteroatoms. The van der Waals surface area contributed by atoms with Crippen LogP contribution in [-0.4, -0.2) is 67.3 Å². The Balaban J connectivity index is 1.23. The zero-order chi connectivity index (χ0) is 25.6. The van der Waals surface area contributed by atoms with E-state index in [4.69, 9.17) is 9.72 Å². The Morgan fingerprint density at radius 1 is 1.27 bits per heavy atom. The van der Waals surface area contributed by atoms with Gasteiger partial charge in [0.2, 0.25) is 0 Å². The Bertz CT molecular complexity index is 1280. The van der Waals surface area contributed by atoms with Crippen molar-refractivity contribution in [2.75, 3.05) is 36.5 Å². The van der Waals surface area contributed by atoms with Crippen LogP contribution in [0.15, 0.2) is 24.7 Å². The van der Waals surface area contributed by atoms with Gasteiger partial charge in [0.15, 0.2) is 11.3 Å². The first-order valence-electron chi connectivity index (χ1n) is 13.0. The summed E-state index contributed by atoms with van der Waals surface area (Å²) in [5.41, 5.74) is -0.0144. The number of nitrogens with one attached hydrogen (secondary N) is 1. The van der Waals surface area contributed by atoms with E-state index in [0.717, 1.165) is 57.3 Å². The Kier molecular flexibility index (Phi) is 6.31. The Morgan fingerprint density at radius 3 is 2.78 bits per heavy atom. The zero-order valence-corrected chi connectivity index (χ0v) is 20.5. The molecule has 1 saturated heterocycles. The number of rotatable bonds is 6. The number of carbonyl (C=O) groups is 1. The first kappa shape index (κ1) is 24.2. The molecule has 2 saturated carbocycles. The second-order valence-corrected chi connectivity index (χ2v) is 10.4. The molecule has 198 valence electrons. The molecule has 10 nitrogen and oxygen atoms in total. The number of nitrogens with zero attached hydrogens (tertiary/aromatic N) is 6. The third-order valence-electron chi connectivity index (χ3n) is 8.10. The summed E-state index contributed by atoms with van der Waals surface area (Å²) < 4.78 is 36.7. The first-order chi connectivity index (χ1) is 17.9. The van der Waals surface area contributed by atoms with Gasteiger partial charge < -0.3 is 20.1 Å². The van der Waals surface area contributed by atoms with Crippen LogP contribution in [0, 0.1) is 5.92 Å². The van der Waals surface area contributed by atoms with Crippen LogP contribution in [-0.2, 0) is 4.74 Å². The fourth-order valence-electron chi connectivity index (χ4n) is 5.74. The van der Waals surface area contributed by atoms with Crippen molar-refractivity contribution in [1.82, 2.24) is 24.4 Å². The quantitative estimate of drug-likeness (QED) is 0.516. The van der Waals surface area contributed by atoms with Crippen molar-refractivity contribution in [2.45, 2.75) is 63.0 Å². The fraction of sp³-hybridized carbons (Fsp3) is 0.600. The molecular weight excluding hydrogens is 484 g/mol. The normalized spacial score (nSPS) is 23.5. The molecule has 0 unspecified atom stereocenters. The van der Waals surface area contributed by atoms with E-state index in [1.807, 2.05) is 6.07 Å². The predicted octanol–water partition coefficient (Wildman–Crippen LogP) is 3.60. The zero-order valence-electron chi connectivity index (χ0n) is 20.5. The summed E-state index contributed by atoms with van der Waals surface area (Å²) in [6.45, 7) is 2.22. The molecule has 2 aliphatic carbocycles. The minimum Gasteiger partial charge on any atom is -0.396 e. The van der Waals surface area contributed by atoms with Gasteiger partial charge in [-0.2, -0.15) is 10.2 Å². The van der Waals surface area contributed by atoms with Crippen molar-refractivity contribution in [2.24, 2.45) is 5.92 Å². The third-order valence-corrected chi connectivity index (χ3v) is 8.10. The van der Waals surface area contributed by atoms with Crippen LogP contribution in [0.1, 0.15) is 73.5 Å². The standard InChI is InChI=1S/C25H31F2N7O3/c26-22(27)21-19(13-34(31-21)17-4-2-16(14-35)3-5-17)29-24(36)18-12-28-33-9-6-20(30-23(18)33)32-10-11-37-25(15-32)7-1-8-25/h6,9,12-13,16-17,22,35H,1-5,7-8,10-11,14-15H2,(H,29,36)/t16-,17-. The number of hydrogen-bond acceptors (Lipinski definition) is 7. The van der Waals surface area contributed by atoms with Crippen LogP contribution in [0.2, 0.25) is 0 Å². The molecule has 0 aromatic carbocycles. The number of amides is 1. The molecular formula is C25H31F2N7O3. The second-order valence-electron chi connectivity index (χ2n) is 10.4. The Labute approximate surface area is 212 Å². The number of aromatic nitrogens is 5. The van der Waals surface area contributed by atoms with Gasteiger partial charge in [-0.25, -0.2) is 18.3 Å². The average Bonchev–Trinajstić information content (AvgIpc) is 3.52. The summed E-state index contributed by atoms with van der Waals surface area (Å²) in [6.07, 6.45) is 8.15. The number of morpholine rings is 1. The number of alkyl halides is 2. The van der Waals surface area contributed by atoms with Crippen LogP contribution in [0.3, 0.4) is 0 Å². The highest BCUT2D eigenvalue weighted by atomic mass is 19.3. The third kappa shape index (κ3) is 4.56. The number of anilines is 2. The van der Waals surface area contributed by atoms with Crippen molar-refractivity contribution in [1.29, 1.82) is 0 Å². The van der Waals surface area contributed by atoms with Gasteiger partial charge >= 0.3 is 0 Å². The largest absolute Gasteiger partial charge is 0.396 e. The van der Waals surface area contributed by atoms with Gasteiger partial charge in [-0.05, 0) is 56.9 Å². The van der Waals surface area contributed by atoms with Gasteiger partial charge in [0.25, 0.3) is 12.3 Å². The lowest BCUT2D eigenvalue weighted by Crippen LogP contribution is -2.56. The minimum absolute atomic E-state index is 0.0140. The molecule has 6 rings (SSSR count). The maximum atomic E-state index is 13.8. The molecule has 0 bridgehead atoms. The summed E-state index contributed by atoms with van der Waals surface area (Å²) in [5, 5.41) is 20.4. The van der Waals surface area contributed by atoms with E-state index < -0.39 is 18.0 Å². The molecule has 3 aromatic rings. The highest BCUT2D eigenvalue weighted by Crippen LogP contribution is 2.39. The van der Waals surface area contributed by atoms with Crippen molar-refractivity contribution in [3.05, 3.63) is 35.9 Å². The number of carbonyl (C=O) groups excluding carboxylic acids is 1. The lowest BCUT2D eigenvalue weighted by Gasteiger charge is -2.48. The molecule has 4 heterocycles. The van der Waals surface area contributed by atoms with Crippen LogP contribution in [0.5, 0.6) is 0 Å². The summed E-state index contributed by atoms with van der Waals surface area (Å²) in [5.74, 6) is 0.406. The van der Waals surface area contributed by atoms with Crippen LogP contribution < -0.4 is 10.2 Å². The van der Waals surface area contributed by atoms with Crippen molar-refractivity contribution < 1.29 is 23.4 Å². The molecule has 3 fully saturated rings. The van der Waals surface area contributed by atoms with Crippen LogP contribution in [0.25, 0.3) is 5.65 Å². The SMILES string of the molecule is O=C(Nc1cn([C@H]2CC[C@H](CO)CC2)nc1C(F)F)c1cnn2ccc(N3CCOC4(CCC4)C3)nc12. The highest BCUT2D eigenvalue weighted by Gasteiger charge is 2.42. The summed E-state index contributed by atoms with van der Waals surface area (Å²) in [4.78, 5) is 20.1. The van der Waals surface area contributed by atoms with Gasteiger partial charge in [0.1, 0.15) is 11.4 Å². The molecule has 0 radical (unpaired) electrons. The number of fused-ring (bicyclic) bond motifs is 1. The minimum atomic E-state index is -2.83. The van der Waals surface area contributed by atoms with Gasteiger partial charge in [-0.3, -0.25) is 9.48 Å².